The summed E-state index contributed by atoms with van der Waals surface area (Å²) >= 11 is 5.88. The van der Waals surface area contributed by atoms with Crippen LogP contribution in [0.5, 0.6) is 0 Å². The average molecular weight is 321 g/mol. The van der Waals surface area contributed by atoms with Gasteiger partial charge in [-0.25, -0.2) is 4.39 Å². The highest BCUT2D eigenvalue weighted by Crippen LogP contribution is 2.20. The lowest BCUT2D eigenvalue weighted by Gasteiger charge is -2.16. The number of primary amides is 1. The van der Waals surface area contributed by atoms with Crippen molar-refractivity contribution in [3.8, 4) is 0 Å². The molecule has 0 aromatic heterocycles. The number of hydrogen-bond donors (Lipinski definition) is 2. The molecule has 114 valence electrons. The molecule has 0 aliphatic carbocycles. The first kappa shape index (κ1) is 16.0. The minimum Gasteiger partial charge on any atom is -0.368 e. The van der Waals surface area contributed by atoms with Crippen LogP contribution in [0.15, 0.2) is 48.5 Å². The molecule has 0 aliphatic heterocycles. The number of carbonyl (C=O) groups is 2. The fourth-order valence-corrected chi connectivity index (χ4v) is 2.27. The maximum absolute atomic E-state index is 13.7. The van der Waals surface area contributed by atoms with Gasteiger partial charge in [0.15, 0.2) is 0 Å². The third kappa shape index (κ3) is 3.83. The van der Waals surface area contributed by atoms with Crippen LogP contribution >= 0.6 is 11.6 Å². The quantitative estimate of drug-likeness (QED) is 0.887. The summed E-state index contributed by atoms with van der Waals surface area (Å²) in [6.45, 7) is 0. The standard InChI is InChI=1S/C16H14ClFN2O2/c17-12-7-4-8-13(18)11(12)9-14(21)20-15(16(19)22)10-5-2-1-3-6-10/h1-8,15H,9H2,(H2,19,22)(H,20,21). The van der Waals surface area contributed by atoms with Gasteiger partial charge in [-0.1, -0.05) is 48.0 Å². The number of carbonyl (C=O) groups excluding carboxylic acids is 2. The maximum atomic E-state index is 13.7. The van der Waals surface area contributed by atoms with Gasteiger partial charge in [0.25, 0.3) is 0 Å². The highest BCUT2D eigenvalue weighted by molar-refractivity contribution is 6.31. The van der Waals surface area contributed by atoms with Crippen LogP contribution in [-0.2, 0) is 16.0 Å². The molecule has 1 atom stereocenters. The van der Waals surface area contributed by atoms with Crippen molar-refractivity contribution in [1.29, 1.82) is 0 Å². The van der Waals surface area contributed by atoms with Crippen molar-refractivity contribution in [3.63, 3.8) is 0 Å². The summed E-state index contributed by atoms with van der Waals surface area (Å²) in [5, 5.41) is 2.65. The maximum Gasteiger partial charge on any atom is 0.244 e. The van der Waals surface area contributed by atoms with E-state index in [0.717, 1.165) is 0 Å². The summed E-state index contributed by atoms with van der Waals surface area (Å²) in [6, 6.07) is 11.8. The van der Waals surface area contributed by atoms with Gasteiger partial charge in [-0.2, -0.15) is 0 Å². The Bertz CT molecular complexity index is 672. The van der Waals surface area contributed by atoms with Crippen molar-refractivity contribution >= 4 is 23.4 Å². The van der Waals surface area contributed by atoms with Gasteiger partial charge in [0.1, 0.15) is 11.9 Å². The molecule has 2 aromatic carbocycles. The second kappa shape index (κ2) is 7.04. The zero-order valence-electron chi connectivity index (χ0n) is 11.6. The monoisotopic (exact) mass is 320 g/mol. The minimum absolute atomic E-state index is 0.0814. The molecule has 0 radical (unpaired) electrons. The molecule has 0 heterocycles. The van der Waals surface area contributed by atoms with Crippen molar-refractivity contribution < 1.29 is 14.0 Å². The van der Waals surface area contributed by atoms with Crippen molar-refractivity contribution in [2.24, 2.45) is 5.73 Å². The van der Waals surface area contributed by atoms with Crippen LogP contribution in [0.2, 0.25) is 5.02 Å². The van der Waals surface area contributed by atoms with E-state index in [1.807, 2.05) is 0 Å². The second-order valence-corrected chi connectivity index (χ2v) is 5.10. The SMILES string of the molecule is NC(=O)C(NC(=O)Cc1c(F)cccc1Cl)c1ccccc1. The molecular formula is C16H14ClFN2O2. The van der Waals surface area contributed by atoms with Gasteiger partial charge in [0.05, 0.1) is 6.42 Å². The molecule has 0 spiro atoms. The largest absolute Gasteiger partial charge is 0.368 e. The molecule has 2 rings (SSSR count). The van der Waals surface area contributed by atoms with Gasteiger partial charge in [0.2, 0.25) is 11.8 Å². The van der Waals surface area contributed by atoms with Crippen LogP contribution in [0.1, 0.15) is 17.2 Å². The van der Waals surface area contributed by atoms with Crippen LogP contribution in [-0.4, -0.2) is 11.8 Å². The molecule has 22 heavy (non-hydrogen) atoms. The molecule has 0 fully saturated rings. The minimum atomic E-state index is -0.973. The zero-order valence-corrected chi connectivity index (χ0v) is 12.3. The van der Waals surface area contributed by atoms with Gasteiger partial charge in [-0.15, -0.1) is 0 Å². The number of halogens is 2. The predicted molar refractivity (Wildman–Crippen MR) is 81.6 cm³/mol. The number of nitrogens with one attached hydrogen (secondary N) is 1. The molecule has 2 aromatic rings. The molecule has 0 bridgehead atoms. The number of amides is 2. The van der Waals surface area contributed by atoms with E-state index in [-0.39, 0.29) is 17.0 Å². The van der Waals surface area contributed by atoms with Crippen LogP contribution in [0.3, 0.4) is 0 Å². The molecule has 6 heteroatoms. The van der Waals surface area contributed by atoms with Crippen LogP contribution in [0.25, 0.3) is 0 Å². The lowest BCUT2D eigenvalue weighted by atomic mass is 10.1. The normalized spacial score (nSPS) is 11.7. The Morgan fingerprint density at radius 1 is 1.14 bits per heavy atom. The van der Waals surface area contributed by atoms with Gasteiger partial charge < -0.3 is 11.1 Å². The summed E-state index contributed by atoms with van der Waals surface area (Å²) in [7, 11) is 0. The molecule has 2 amide bonds. The molecule has 0 saturated heterocycles. The van der Waals surface area contributed by atoms with E-state index in [1.54, 1.807) is 30.3 Å². The van der Waals surface area contributed by atoms with Crippen molar-refractivity contribution in [3.05, 3.63) is 70.5 Å². The lowest BCUT2D eigenvalue weighted by molar-refractivity contribution is -0.127. The van der Waals surface area contributed by atoms with Crippen LogP contribution in [0.4, 0.5) is 4.39 Å². The van der Waals surface area contributed by atoms with Crippen LogP contribution < -0.4 is 11.1 Å². The van der Waals surface area contributed by atoms with Crippen molar-refractivity contribution in [2.75, 3.05) is 0 Å². The Balaban J connectivity index is 2.14. The zero-order chi connectivity index (χ0) is 16.1. The first-order chi connectivity index (χ1) is 10.5. The molecule has 3 N–H and O–H groups in total. The number of rotatable bonds is 5. The number of hydrogen-bond acceptors (Lipinski definition) is 2. The molecule has 1 unspecified atom stereocenters. The predicted octanol–water partition coefficient (Wildman–Crippen LogP) is 2.36. The highest BCUT2D eigenvalue weighted by atomic mass is 35.5. The van der Waals surface area contributed by atoms with Gasteiger partial charge >= 0.3 is 0 Å². The highest BCUT2D eigenvalue weighted by Gasteiger charge is 2.21. The van der Waals surface area contributed by atoms with E-state index >= 15 is 0 Å². The molecule has 0 saturated carbocycles. The van der Waals surface area contributed by atoms with Crippen molar-refractivity contribution in [2.45, 2.75) is 12.5 Å². The summed E-state index contributed by atoms with van der Waals surface area (Å²) in [5.74, 6) is -1.81. The van der Waals surface area contributed by atoms with Gasteiger partial charge in [-0.05, 0) is 17.7 Å². The smallest absolute Gasteiger partial charge is 0.244 e. The Morgan fingerprint density at radius 3 is 2.41 bits per heavy atom. The van der Waals surface area contributed by atoms with E-state index in [0.29, 0.717) is 5.56 Å². The number of nitrogens with two attached hydrogens (primary N) is 1. The molecule has 0 aliphatic rings. The first-order valence-corrected chi connectivity index (χ1v) is 6.93. The fraction of sp³-hybridized carbons (Fsp3) is 0.125. The molecular weight excluding hydrogens is 307 g/mol. The first-order valence-electron chi connectivity index (χ1n) is 6.55. The van der Waals surface area contributed by atoms with Crippen LogP contribution in [0, 0.1) is 5.82 Å². The van der Waals surface area contributed by atoms with E-state index < -0.39 is 23.7 Å². The second-order valence-electron chi connectivity index (χ2n) is 4.69. The Labute approximate surface area is 132 Å². The Kier molecular flexibility index (Phi) is 5.12. The average Bonchev–Trinajstić information content (AvgIpc) is 2.49. The summed E-state index contributed by atoms with van der Waals surface area (Å²) in [5.41, 5.74) is 5.96. The Morgan fingerprint density at radius 2 is 1.82 bits per heavy atom. The van der Waals surface area contributed by atoms with E-state index in [9.17, 15) is 14.0 Å². The fourth-order valence-electron chi connectivity index (χ4n) is 2.04. The van der Waals surface area contributed by atoms with Crippen molar-refractivity contribution in [1.82, 2.24) is 5.32 Å². The number of benzene rings is 2. The third-order valence-corrected chi connectivity index (χ3v) is 3.48. The van der Waals surface area contributed by atoms with E-state index in [1.165, 1.54) is 18.2 Å². The Hall–Kier alpha value is -2.40. The summed E-state index contributed by atoms with van der Waals surface area (Å²) in [4.78, 5) is 23.6. The van der Waals surface area contributed by atoms with Gasteiger partial charge in [0, 0.05) is 10.6 Å². The molecule has 4 nitrogen and oxygen atoms in total. The van der Waals surface area contributed by atoms with Gasteiger partial charge in [-0.3, -0.25) is 9.59 Å². The third-order valence-electron chi connectivity index (χ3n) is 3.12. The van der Waals surface area contributed by atoms with E-state index in [2.05, 4.69) is 5.32 Å². The topological polar surface area (TPSA) is 72.2 Å². The summed E-state index contributed by atoms with van der Waals surface area (Å²) < 4.78 is 13.7. The summed E-state index contributed by atoms with van der Waals surface area (Å²) in [6.07, 6.45) is -0.276. The van der Waals surface area contributed by atoms with E-state index in [4.69, 9.17) is 17.3 Å². The lowest BCUT2D eigenvalue weighted by Crippen LogP contribution is -2.38.